The molecule has 5 rings (SSSR count). The number of furan rings is 1. The summed E-state index contributed by atoms with van der Waals surface area (Å²) in [7, 11) is 0. The molecule has 33 heavy (non-hydrogen) atoms. The first kappa shape index (κ1) is 21.4. The molecule has 1 N–H and O–H groups in total. The van der Waals surface area contributed by atoms with Crippen LogP contribution in [0.1, 0.15) is 9.67 Å². The fourth-order valence-electron chi connectivity index (χ4n) is 4.05. The van der Waals surface area contributed by atoms with Gasteiger partial charge in [0.2, 0.25) is 0 Å². The largest absolute Gasteiger partial charge is 0.462 e. The lowest BCUT2D eigenvalue weighted by Crippen LogP contribution is -2.48. The molecule has 2 aromatic heterocycles. The van der Waals surface area contributed by atoms with Crippen LogP contribution in [0, 0.1) is 0 Å². The van der Waals surface area contributed by atoms with Gasteiger partial charge in [-0.05, 0) is 24.3 Å². The number of aromatic nitrogens is 1. The number of carbonyl (C=O) groups excluding carboxylic acids is 1. The molecular weight excluding hydrogens is 432 g/mol. The second-order valence-corrected chi connectivity index (χ2v) is 8.96. The zero-order chi connectivity index (χ0) is 22.5. The van der Waals surface area contributed by atoms with Crippen molar-refractivity contribution in [3.05, 3.63) is 83.9 Å². The Morgan fingerprint density at radius 1 is 0.939 bits per heavy atom. The quantitative estimate of drug-likeness (QED) is 0.438. The summed E-state index contributed by atoms with van der Waals surface area (Å²) < 4.78 is 5.51. The Balaban J connectivity index is 1.20. The van der Waals surface area contributed by atoms with Crippen molar-refractivity contribution < 1.29 is 9.21 Å². The van der Waals surface area contributed by atoms with E-state index in [1.807, 2.05) is 48.5 Å². The second-order valence-electron chi connectivity index (χ2n) is 7.96. The van der Waals surface area contributed by atoms with E-state index >= 15 is 0 Å². The topological polar surface area (TPSA) is 61.6 Å². The van der Waals surface area contributed by atoms with Crippen LogP contribution in [-0.2, 0) is 0 Å². The molecule has 1 fully saturated rings. The molecule has 1 amide bonds. The molecule has 1 aliphatic heterocycles. The van der Waals surface area contributed by atoms with Gasteiger partial charge in [-0.2, -0.15) is 0 Å². The molecule has 7 heteroatoms. The van der Waals surface area contributed by atoms with Crippen molar-refractivity contribution in [1.29, 1.82) is 0 Å². The van der Waals surface area contributed by atoms with Crippen LogP contribution >= 0.6 is 11.3 Å². The number of carbonyl (C=O) groups is 1. The van der Waals surface area contributed by atoms with Crippen LogP contribution in [0.15, 0.2) is 83.5 Å². The molecule has 6 nitrogen and oxygen atoms in total. The number of anilines is 1. The fourth-order valence-corrected chi connectivity index (χ4v) is 5.02. The minimum atomic E-state index is -0.0907. The molecule has 1 aliphatic rings. The first-order valence-corrected chi connectivity index (χ1v) is 12.0. The number of hydrogen-bond donors (Lipinski definition) is 1. The average molecular weight is 459 g/mol. The maximum atomic E-state index is 13.1. The molecule has 0 saturated carbocycles. The molecule has 0 radical (unpaired) electrons. The summed E-state index contributed by atoms with van der Waals surface area (Å²) in [6, 6.07) is 24.0. The van der Waals surface area contributed by atoms with Gasteiger partial charge in [-0.3, -0.25) is 9.69 Å². The van der Waals surface area contributed by atoms with Crippen molar-refractivity contribution in [2.75, 3.05) is 44.2 Å². The highest BCUT2D eigenvalue weighted by molar-refractivity contribution is 7.17. The van der Waals surface area contributed by atoms with E-state index in [4.69, 9.17) is 9.40 Å². The van der Waals surface area contributed by atoms with Gasteiger partial charge < -0.3 is 14.6 Å². The number of nitrogens with zero attached hydrogens (tertiary/aromatic N) is 3. The van der Waals surface area contributed by atoms with E-state index in [1.54, 1.807) is 6.26 Å². The van der Waals surface area contributed by atoms with Crippen LogP contribution in [0.25, 0.3) is 22.0 Å². The fraction of sp³-hybridized carbons (Fsp3) is 0.231. The molecule has 0 atom stereocenters. The lowest BCUT2D eigenvalue weighted by atomic mass is 10.1. The van der Waals surface area contributed by atoms with Gasteiger partial charge in [-0.1, -0.05) is 48.5 Å². The van der Waals surface area contributed by atoms with Gasteiger partial charge in [0, 0.05) is 50.5 Å². The summed E-state index contributed by atoms with van der Waals surface area (Å²) in [5, 5.41) is 3.81. The number of amides is 1. The predicted octanol–water partition coefficient (Wildman–Crippen LogP) is 4.62. The minimum Gasteiger partial charge on any atom is -0.462 e. The van der Waals surface area contributed by atoms with Gasteiger partial charge in [-0.25, -0.2) is 4.98 Å². The highest BCUT2D eigenvalue weighted by Gasteiger charge is 2.22. The highest BCUT2D eigenvalue weighted by Crippen LogP contribution is 2.34. The van der Waals surface area contributed by atoms with E-state index in [2.05, 4.69) is 39.4 Å². The Kier molecular flexibility index (Phi) is 6.51. The van der Waals surface area contributed by atoms with E-state index in [9.17, 15) is 4.79 Å². The van der Waals surface area contributed by atoms with E-state index in [-0.39, 0.29) is 5.91 Å². The third kappa shape index (κ3) is 4.99. The van der Waals surface area contributed by atoms with Crippen LogP contribution in [0.2, 0.25) is 0 Å². The molecule has 3 heterocycles. The van der Waals surface area contributed by atoms with Crippen LogP contribution < -0.4 is 10.2 Å². The van der Waals surface area contributed by atoms with E-state index in [0.717, 1.165) is 38.3 Å². The number of benzene rings is 2. The summed E-state index contributed by atoms with van der Waals surface area (Å²) >= 11 is 1.37. The summed E-state index contributed by atoms with van der Waals surface area (Å²) in [6.07, 6.45) is 1.62. The summed E-state index contributed by atoms with van der Waals surface area (Å²) in [6.45, 7) is 5.41. The Hall–Kier alpha value is -3.42. The first-order chi connectivity index (χ1) is 16.3. The zero-order valence-corrected chi connectivity index (χ0v) is 19.1. The zero-order valence-electron chi connectivity index (χ0n) is 18.3. The number of piperazine rings is 1. The van der Waals surface area contributed by atoms with Gasteiger partial charge in [0.15, 0.2) is 10.8 Å². The standard InChI is InChI=1S/C26H26N4O2S/c31-25(27-13-14-29-15-17-30(18-16-29)21-10-5-2-6-11-21)24-23(20-8-3-1-4-9-20)28-26(33-24)22-12-7-19-32-22/h1-12,19H,13-18H2,(H,27,31). The van der Waals surface area contributed by atoms with Gasteiger partial charge in [-0.15, -0.1) is 11.3 Å². The van der Waals surface area contributed by atoms with Crippen molar-refractivity contribution in [2.24, 2.45) is 0 Å². The highest BCUT2D eigenvalue weighted by atomic mass is 32.1. The monoisotopic (exact) mass is 458 g/mol. The molecular formula is C26H26N4O2S. The third-order valence-corrected chi connectivity index (χ3v) is 6.89. The van der Waals surface area contributed by atoms with Gasteiger partial charge in [0.25, 0.3) is 5.91 Å². The van der Waals surface area contributed by atoms with E-state index in [0.29, 0.717) is 27.9 Å². The lowest BCUT2D eigenvalue weighted by Gasteiger charge is -2.36. The molecule has 0 bridgehead atoms. The lowest BCUT2D eigenvalue weighted by molar-refractivity contribution is 0.0952. The van der Waals surface area contributed by atoms with Gasteiger partial charge in [0.05, 0.1) is 12.0 Å². The number of thiazole rings is 1. The molecule has 0 aliphatic carbocycles. The smallest absolute Gasteiger partial charge is 0.263 e. The first-order valence-electron chi connectivity index (χ1n) is 11.2. The SMILES string of the molecule is O=C(NCCN1CCN(c2ccccc2)CC1)c1sc(-c2ccco2)nc1-c1ccccc1. The molecule has 4 aromatic rings. The van der Waals surface area contributed by atoms with Crippen LogP contribution in [0.3, 0.4) is 0 Å². The van der Waals surface area contributed by atoms with E-state index < -0.39 is 0 Å². The molecule has 1 saturated heterocycles. The molecule has 0 spiro atoms. The number of hydrogen-bond acceptors (Lipinski definition) is 6. The average Bonchev–Trinajstić information content (AvgIpc) is 3.56. The van der Waals surface area contributed by atoms with Gasteiger partial charge in [0.1, 0.15) is 4.88 Å². The normalized spacial score (nSPS) is 14.4. The third-order valence-electron chi connectivity index (χ3n) is 5.82. The van der Waals surface area contributed by atoms with Crippen molar-refractivity contribution in [3.63, 3.8) is 0 Å². The van der Waals surface area contributed by atoms with Crippen molar-refractivity contribution >= 4 is 22.9 Å². The number of nitrogens with one attached hydrogen (secondary N) is 1. The molecule has 0 unspecified atom stereocenters. The summed E-state index contributed by atoms with van der Waals surface area (Å²) in [4.78, 5) is 23.3. The second kappa shape index (κ2) is 10.0. The predicted molar refractivity (Wildman–Crippen MR) is 133 cm³/mol. The maximum Gasteiger partial charge on any atom is 0.263 e. The Labute approximate surface area is 197 Å². The number of rotatable bonds is 7. The maximum absolute atomic E-state index is 13.1. The molecule has 2 aromatic carbocycles. The Morgan fingerprint density at radius 3 is 2.36 bits per heavy atom. The van der Waals surface area contributed by atoms with Crippen molar-refractivity contribution in [3.8, 4) is 22.0 Å². The van der Waals surface area contributed by atoms with Crippen LogP contribution in [0.4, 0.5) is 5.69 Å². The van der Waals surface area contributed by atoms with Gasteiger partial charge >= 0.3 is 0 Å². The Bertz CT molecular complexity index is 1170. The van der Waals surface area contributed by atoms with Crippen LogP contribution in [0.5, 0.6) is 0 Å². The van der Waals surface area contributed by atoms with Crippen molar-refractivity contribution in [2.45, 2.75) is 0 Å². The van der Waals surface area contributed by atoms with Crippen LogP contribution in [-0.4, -0.2) is 55.1 Å². The van der Waals surface area contributed by atoms with E-state index in [1.165, 1.54) is 17.0 Å². The number of para-hydroxylation sites is 1. The van der Waals surface area contributed by atoms with Crippen molar-refractivity contribution in [1.82, 2.24) is 15.2 Å². The summed E-state index contributed by atoms with van der Waals surface area (Å²) in [5.41, 5.74) is 2.89. The molecule has 168 valence electrons. The Morgan fingerprint density at radius 2 is 1.67 bits per heavy atom. The summed E-state index contributed by atoms with van der Waals surface area (Å²) in [5.74, 6) is 0.583. The minimum absolute atomic E-state index is 0.0907.